The van der Waals surface area contributed by atoms with Crippen molar-refractivity contribution in [3.05, 3.63) is 0 Å². The van der Waals surface area contributed by atoms with Crippen LogP contribution in [0.3, 0.4) is 0 Å². The van der Waals surface area contributed by atoms with Gasteiger partial charge in [-0.15, -0.1) is 0 Å². The summed E-state index contributed by atoms with van der Waals surface area (Å²) in [6, 6.07) is 0. The Labute approximate surface area is 182 Å². The number of halogens is 2. The lowest BCUT2D eigenvalue weighted by Crippen LogP contribution is -2.45. The van der Waals surface area contributed by atoms with E-state index in [0.29, 0.717) is 0 Å². The molecule has 0 fully saturated rings. The number of hydrogen-bond acceptors (Lipinski definition) is 7. The normalized spacial score (nSPS) is 22.1. The molecule has 4 N–H and O–H groups in total. The van der Waals surface area contributed by atoms with Gasteiger partial charge in [0.1, 0.15) is 0 Å². The first-order valence-corrected chi connectivity index (χ1v) is 16.3. The Morgan fingerprint density at radius 3 is 0.964 bits per heavy atom. The zero-order valence-electron chi connectivity index (χ0n) is 19.4. The van der Waals surface area contributed by atoms with Crippen molar-refractivity contribution in [1.82, 2.24) is 20.3 Å². The summed E-state index contributed by atoms with van der Waals surface area (Å²) >= 11 is 13.5. The van der Waals surface area contributed by atoms with Crippen molar-refractivity contribution in [2.24, 2.45) is 13.5 Å². The molecule has 0 unspecified atom stereocenters. The molecule has 0 aliphatic carbocycles. The Bertz CT molecular complexity index is 669. The summed E-state index contributed by atoms with van der Waals surface area (Å²) in [6.45, 7) is 25.1. The zero-order valence-corrected chi connectivity index (χ0v) is 23.6. The topological polar surface area (TPSA) is 85.2 Å². The van der Waals surface area contributed by atoms with Gasteiger partial charge in [-0.05, 0) is 106 Å². The van der Waals surface area contributed by atoms with Gasteiger partial charge in [0.2, 0.25) is 15.0 Å². The van der Waals surface area contributed by atoms with Crippen molar-refractivity contribution in [1.29, 1.82) is 0 Å². The second kappa shape index (κ2) is 8.23. The van der Waals surface area contributed by atoms with E-state index in [2.05, 4.69) is 103 Å². The molecule has 0 spiro atoms. The van der Waals surface area contributed by atoms with Crippen LogP contribution in [0, 0.1) is 0 Å². The lowest BCUT2D eigenvalue weighted by atomic mass is 10.1. The van der Waals surface area contributed by atoms with Crippen LogP contribution in [-0.2, 0) is 0 Å². The fourth-order valence-corrected chi connectivity index (χ4v) is 16.9. The van der Waals surface area contributed by atoms with Crippen LogP contribution in [-0.4, -0.2) is 22.2 Å². The van der Waals surface area contributed by atoms with Crippen LogP contribution in [0.4, 0.5) is 0 Å². The Kier molecular flexibility index (Phi) is 7.98. The van der Waals surface area contributed by atoms with E-state index in [4.69, 9.17) is 36.0 Å². The molecule has 0 radical (unpaired) electrons. The molecule has 0 aromatic heterocycles. The van der Waals surface area contributed by atoms with Gasteiger partial charge >= 0.3 is 0 Å². The monoisotopic (exact) mass is 493 g/mol. The molecule has 0 saturated carbocycles. The van der Waals surface area contributed by atoms with Crippen molar-refractivity contribution in [3.63, 3.8) is 0 Å². The predicted octanol–water partition coefficient (Wildman–Crippen LogP) is 7.87. The molecule has 168 valence electrons. The van der Waals surface area contributed by atoms with Gasteiger partial charge in [0, 0.05) is 22.2 Å². The van der Waals surface area contributed by atoms with E-state index in [9.17, 15) is 0 Å². The summed E-state index contributed by atoms with van der Waals surface area (Å²) in [7, 11) is -5.36. The molecule has 1 rings (SSSR count). The van der Waals surface area contributed by atoms with Gasteiger partial charge in [-0.2, -0.15) is 13.5 Å². The minimum absolute atomic E-state index is 0.247. The van der Waals surface area contributed by atoms with Crippen molar-refractivity contribution < 1.29 is 0 Å². The van der Waals surface area contributed by atoms with Crippen LogP contribution in [0.25, 0.3) is 0 Å². The van der Waals surface area contributed by atoms with Gasteiger partial charge in [-0.1, -0.05) is 0 Å². The number of nitrogens with zero attached hydrogens (tertiary/aromatic N) is 3. The van der Waals surface area contributed by atoms with Crippen LogP contribution >= 0.6 is 43.4 Å². The minimum atomic E-state index is -2.97. The van der Waals surface area contributed by atoms with Gasteiger partial charge < -0.3 is 0 Å². The highest BCUT2D eigenvalue weighted by molar-refractivity contribution is 8.13. The molecule has 1 aliphatic rings. The number of nitrogens with one attached hydrogen (secondary N) is 4. The molecule has 1 heterocycles. The summed E-state index contributed by atoms with van der Waals surface area (Å²) in [6.07, 6.45) is 0. The molecule has 0 bridgehead atoms. The van der Waals surface area contributed by atoms with Crippen LogP contribution in [0.1, 0.15) is 83.1 Å². The smallest absolute Gasteiger partial charge is 0.248 e. The minimum Gasteiger partial charge on any atom is -0.248 e. The van der Waals surface area contributed by atoms with Crippen LogP contribution < -0.4 is 20.3 Å². The summed E-state index contributed by atoms with van der Waals surface area (Å²) in [5.74, 6) is -2.97. The van der Waals surface area contributed by atoms with E-state index < -0.39 is 20.9 Å². The average molecular weight is 494 g/mol. The van der Waals surface area contributed by atoms with E-state index in [1.807, 2.05) is 0 Å². The van der Waals surface area contributed by atoms with Gasteiger partial charge in [0.15, 0.2) is 0 Å². The summed E-state index contributed by atoms with van der Waals surface area (Å²) < 4.78 is 14.9. The number of hydrogen-bond donors (Lipinski definition) is 4. The standard InChI is InChI=1S/C16H40Cl2N7P3/c1-13(2,3)19-27(20-14(4,5)6)23-26(17,18)24-28(25-27,21-15(7,8)9)22-16(10,11)12/h19-22H,1-12H3. The third kappa shape index (κ3) is 9.94. The Morgan fingerprint density at radius 2 is 0.714 bits per heavy atom. The highest BCUT2D eigenvalue weighted by Gasteiger charge is 2.42. The summed E-state index contributed by atoms with van der Waals surface area (Å²) in [5, 5.41) is 14.5. The summed E-state index contributed by atoms with van der Waals surface area (Å²) in [5.41, 5.74) is -0.987. The fourth-order valence-electron chi connectivity index (χ4n) is 2.66. The third-order valence-corrected chi connectivity index (χ3v) is 14.9. The van der Waals surface area contributed by atoms with Crippen molar-refractivity contribution in [2.75, 3.05) is 0 Å². The Morgan fingerprint density at radius 1 is 0.464 bits per heavy atom. The molecule has 7 nitrogen and oxygen atoms in total. The predicted molar refractivity (Wildman–Crippen MR) is 131 cm³/mol. The average Bonchev–Trinajstić information content (AvgIpc) is 2.10. The van der Waals surface area contributed by atoms with Crippen molar-refractivity contribution in [3.8, 4) is 0 Å². The van der Waals surface area contributed by atoms with Gasteiger partial charge in [-0.3, -0.25) is 0 Å². The third-order valence-electron chi connectivity index (χ3n) is 2.70. The molecule has 1 aliphatic heterocycles. The second-order valence-corrected chi connectivity index (χ2v) is 21.1. The quantitative estimate of drug-likeness (QED) is 0.300. The molecular weight excluding hydrogens is 454 g/mol. The van der Waals surface area contributed by atoms with E-state index in [0.717, 1.165) is 0 Å². The first-order chi connectivity index (χ1) is 11.9. The SMILES string of the molecule is CC(C)(C)NP1(NC(C)(C)C)=NP(Cl)(Cl)=NP(NC(C)(C)C)(NC(C)(C)C)=N1. The molecule has 0 saturated heterocycles. The van der Waals surface area contributed by atoms with Crippen molar-refractivity contribution in [2.45, 2.75) is 105 Å². The first kappa shape index (κ1) is 27.1. The second-order valence-electron chi connectivity index (χ2n) is 11.4. The molecule has 0 aromatic rings. The number of rotatable bonds is 4. The zero-order chi connectivity index (χ0) is 22.4. The Hall–Kier alpha value is 1.11. The van der Waals surface area contributed by atoms with Crippen LogP contribution in [0.2, 0.25) is 0 Å². The van der Waals surface area contributed by atoms with Crippen molar-refractivity contribution >= 4 is 43.4 Å². The molecular formula is C16H40Cl2N7P3. The first-order valence-electron chi connectivity index (χ1n) is 9.43. The highest BCUT2D eigenvalue weighted by atomic mass is 35.9. The molecule has 0 aromatic carbocycles. The van der Waals surface area contributed by atoms with E-state index >= 15 is 0 Å². The lowest BCUT2D eigenvalue weighted by molar-refractivity contribution is 0.486. The van der Waals surface area contributed by atoms with E-state index in [1.165, 1.54) is 0 Å². The lowest BCUT2D eigenvalue weighted by Gasteiger charge is -2.43. The van der Waals surface area contributed by atoms with Crippen LogP contribution in [0.5, 0.6) is 0 Å². The van der Waals surface area contributed by atoms with E-state index in [-0.39, 0.29) is 22.2 Å². The molecule has 12 heteroatoms. The molecule has 0 amide bonds. The molecule has 28 heavy (non-hydrogen) atoms. The van der Waals surface area contributed by atoms with Gasteiger partial charge in [-0.25, -0.2) is 20.3 Å². The fraction of sp³-hybridized carbons (Fsp3) is 1.00. The van der Waals surface area contributed by atoms with Gasteiger partial charge in [0.25, 0.3) is 5.91 Å². The maximum absolute atomic E-state index is 6.73. The largest absolute Gasteiger partial charge is 0.257 e. The van der Waals surface area contributed by atoms with Crippen LogP contribution in [0.15, 0.2) is 13.5 Å². The maximum Gasteiger partial charge on any atom is 0.257 e. The van der Waals surface area contributed by atoms with E-state index in [1.54, 1.807) is 0 Å². The highest BCUT2D eigenvalue weighted by Crippen LogP contribution is 2.79. The molecule has 0 atom stereocenters. The Balaban J connectivity index is 3.90. The summed E-state index contributed by atoms with van der Waals surface area (Å²) in [4.78, 5) is 0. The maximum atomic E-state index is 6.73. The van der Waals surface area contributed by atoms with Gasteiger partial charge in [0.05, 0.1) is 0 Å².